The van der Waals surface area contributed by atoms with E-state index in [1.807, 2.05) is 17.6 Å². The highest BCUT2D eigenvalue weighted by Gasteiger charge is 2.13. The van der Waals surface area contributed by atoms with Crippen LogP contribution < -0.4 is 9.54 Å². The molecule has 142 valence electrons. The number of nitrogens with zero attached hydrogens (tertiary/aromatic N) is 2. The Labute approximate surface area is 170 Å². The van der Waals surface area contributed by atoms with Gasteiger partial charge < -0.3 is 14.0 Å². The van der Waals surface area contributed by atoms with Crippen LogP contribution in [-0.2, 0) is 11.3 Å². The number of hydrogen-bond donors (Lipinski definition) is 0. The number of methoxy groups -OCH3 is 1. The zero-order valence-corrected chi connectivity index (χ0v) is 17.2. The molecule has 0 fully saturated rings. The molecule has 8 heteroatoms. The molecule has 0 aliphatic carbocycles. The second-order valence-electron chi connectivity index (χ2n) is 5.61. The number of aromatic nitrogens is 1. The smallest absolute Gasteiger partial charge is 0.279 e. The van der Waals surface area contributed by atoms with E-state index in [2.05, 4.69) is 4.99 Å². The summed E-state index contributed by atoms with van der Waals surface area (Å²) in [5, 5.41) is 1.06. The van der Waals surface area contributed by atoms with Crippen molar-refractivity contribution in [3.8, 4) is 5.75 Å². The molecule has 0 radical (unpaired) electrons. The van der Waals surface area contributed by atoms with Gasteiger partial charge in [0.05, 0.1) is 29.0 Å². The largest absolute Gasteiger partial charge is 0.497 e. The minimum atomic E-state index is -0.336. The van der Waals surface area contributed by atoms with Crippen LogP contribution in [0.25, 0.3) is 10.2 Å². The van der Waals surface area contributed by atoms with Crippen molar-refractivity contribution < 1.29 is 14.3 Å². The third-order valence-electron chi connectivity index (χ3n) is 3.89. The van der Waals surface area contributed by atoms with E-state index < -0.39 is 0 Å². The van der Waals surface area contributed by atoms with E-state index in [1.165, 1.54) is 11.3 Å². The maximum absolute atomic E-state index is 12.6. The van der Waals surface area contributed by atoms with Gasteiger partial charge in [0, 0.05) is 23.7 Å². The highest BCUT2D eigenvalue weighted by atomic mass is 35.5. The Bertz CT molecular complexity index is 1030. The number of fused-ring (bicyclic) bond motifs is 1. The van der Waals surface area contributed by atoms with E-state index in [-0.39, 0.29) is 5.91 Å². The van der Waals surface area contributed by atoms with Gasteiger partial charge in [0.15, 0.2) is 4.80 Å². The highest BCUT2D eigenvalue weighted by molar-refractivity contribution is 7.16. The molecule has 1 heterocycles. The van der Waals surface area contributed by atoms with Crippen LogP contribution in [0.3, 0.4) is 0 Å². The average molecular weight is 425 g/mol. The first-order valence-electron chi connectivity index (χ1n) is 8.32. The lowest BCUT2D eigenvalue weighted by molar-refractivity contribution is 0.0996. The first kappa shape index (κ1) is 19.9. The zero-order chi connectivity index (χ0) is 19.4. The summed E-state index contributed by atoms with van der Waals surface area (Å²) in [7, 11) is 1.58. The standard InChI is InChI=1S/C19H18Cl2N2O3S/c1-3-26-9-8-23-17-15(21)10-13(20)11-16(17)27-19(23)22-18(24)12-4-6-14(25-2)7-5-12/h4-7,10-11H,3,8-9H2,1-2H3. The van der Waals surface area contributed by atoms with E-state index in [0.29, 0.717) is 45.9 Å². The lowest BCUT2D eigenvalue weighted by Crippen LogP contribution is -2.20. The molecule has 2 aromatic carbocycles. The Hall–Kier alpha value is -1.86. The number of thiazole rings is 1. The van der Waals surface area contributed by atoms with Crippen molar-refractivity contribution in [1.82, 2.24) is 4.57 Å². The minimum absolute atomic E-state index is 0.336. The van der Waals surface area contributed by atoms with Gasteiger partial charge in [0.2, 0.25) is 0 Å². The summed E-state index contributed by atoms with van der Waals surface area (Å²) in [5.41, 5.74) is 1.28. The Balaban J connectivity index is 2.07. The summed E-state index contributed by atoms with van der Waals surface area (Å²) in [6.07, 6.45) is 0. The maximum Gasteiger partial charge on any atom is 0.279 e. The molecule has 0 aliphatic heterocycles. The predicted octanol–water partition coefficient (Wildman–Crippen LogP) is 4.80. The van der Waals surface area contributed by atoms with Crippen molar-refractivity contribution in [2.45, 2.75) is 13.5 Å². The van der Waals surface area contributed by atoms with Gasteiger partial charge >= 0.3 is 0 Å². The fourth-order valence-corrected chi connectivity index (χ4v) is 4.44. The van der Waals surface area contributed by atoms with Crippen molar-refractivity contribution in [2.75, 3.05) is 20.3 Å². The van der Waals surface area contributed by atoms with Crippen LogP contribution in [0.2, 0.25) is 10.0 Å². The number of carbonyl (C=O) groups excluding carboxylic acids is 1. The Morgan fingerprint density at radius 3 is 2.63 bits per heavy atom. The van der Waals surface area contributed by atoms with Crippen molar-refractivity contribution in [2.24, 2.45) is 4.99 Å². The van der Waals surface area contributed by atoms with E-state index in [4.69, 9.17) is 32.7 Å². The minimum Gasteiger partial charge on any atom is -0.497 e. The number of ether oxygens (including phenoxy) is 2. The van der Waals surface area contributed by atoms with Gasteiger partial charge in [0.25, 0.3) is 5.91 Å². The normalized spacial score (nSPS) is 11.9. The zero-order valence-electron chi connectivity index (χ0n) is 14.9. The molecular formula is C19H18Cl2N2O3S. The van der Waals surface area contributed by atoms with Gasteiger partial charge in [-0.3, -0.25) is 4.79 Å². The summed E-state index contributed by atoms with van der Waals surface area (Å²) in [6.45, 7) is 3.57. The molecule has 5 nitrogen and oxygen atoms in total. The molecule has 0 atom stereocenters. The van der Waals surface area contributed by atoms with Crippen molar-refractivity contribution in [3.05, 3.63) is 56.8 Å². The highest BCUT2D eigenvalue weighted by Crippen LogP contribution is 2.29. The Morgan fingerprint density at radius 2 is 1.96 bits per heavy atom. The lowest BCUT2D eigenvalue weighted by atomic mass is 10.2. The molecule has 0 aliphatic rings. The second-order valence-corrected chi connectivity index (χ2v) is 7.47. The SMILES string of the molecule is CCOCCn1c(=NC(=O)c2ccc(OC)cc2)sc2cc(Cl)cc(Cl)c21. The van der Waals surface area contributed by atoms with Gasteiger partial charge in [-0.2, -0.15) is 4.99 Å². The third-order valence-corrected chi connectivity index (χ3v) is 5.42. The first-order chi connectivity index (χ1) is 13.0. The molecule has 27 heavy (non-hydrogen) atoms. The van der Waals surface area contributed by atoms with Gasteiger partial charge in [-0.25, -0.2) is 0 Å². The number of hydrogen-bond acceptors (Lipinski definition) is 4. The topological polar surface area (TPSA) is 52.8 Å². The number of benzene rings is 2. The number of rotatable bonds is 6. The van der Waals surface area contributed by atoms with E-state index >= 15 is 0 Å². The van der Waals surface area contributed by atoms with Crippen LogP contribution in [0.1, 0.15) is 17.3 Å². The summed E-state index contributed by atoms with van der Waals surface area (Å²) >= 11 is 13.9. The number of carbonyl (C=O) groups is 1. The van der Waals surface area contributed by atoms with Crippen molar-refractivity contribution in [3.63, 3.8) is 0 Å². The Morgan fingerprint density at radius 1 is 1.22 bits per heavy atom. The molecule has 1 aromatic heterocycles. The summed E-state index contributed by atoms with van der Waals surface area (Å²) in [5.74, 6) is 0.346. The molecule has 0 unspecified atom stereocenters. The van der Waals surface area contributed by atoms with E-state index in [0.717, 1.165) is 10.2 Å². The Kier molecular flexibility index (Phi) is 6.55. The van der Waals surface area contributed by atoms with Crippen LogP contribution in [0, 0.1) is 0 Å². The van der Waals surface area contributed by atoms with Crippen LogP contribution in [0.4, 0.5) is 0 Å². The fraction of sp³-hybridized carbons (Fsp3) is 0.263. The quantitative estimate of drug-likeness (QED) is 0.534. The molecule has 3 rings (SSSR count). The summed E-state index contributed by atoms with van der Waals surface area (Å²) in [6, 6.07) is 10.3. The molecule has 0 saturated heterocycles. The average Bonchev–Trinajstić information content (AvgIpc) is 2.99. The van der Waals surface area contributed by atoms with Gasteiger partial charge in [-0.1, -0.05) is 34.5 Å². The van der Waals surface area contributed by atoms with Crippen LogP contribution in [-0.4, -0.2) is 30.8 Å². The van der Waals surface area contributed by atoms with Gasteiger partial charge in [-0.05, 0) is 43.3 Å². The first-order valence-corrected chi connectivity index (χ1v) is 9.90. The van der Waals surface area contributed by atoms with Crippen LogP contribution in [0.5, 0.6) is 5.75 Å². The van der Waals surface area contributed by atoms with Crippen LogP contribution in [0.15, 0.2) is 41.4 Å². The fourth-order valence-electron chi connectivity index (χ4n) is 2.61. The van der Waals surface area contributed by atoms with Crippen molar-refractivity contribution >= 4 is 50.7 Å². The molecule has 0 saturated carbocycles. The lowest BCUT2D eigenvalue weighted by Gasteiger charge is -2.07. The number of halogens is 2. The monoisotopic (exact) mass is 424 g/mol. The van der Waals surface area contributed by atoms with Gasteiger partial charge in [0.1, 0.15) is 5.75 Å². The van der Waals surface area contributed by atoms with E-state index in [1.54, 1.807) is 37.4 Å². The second kappa shape index (κ2) is 8.89. The molecule has 1 amide bonds. The van der Waals surface area contributed by atoms with E-state index in [9.17, 15) is 4.79 Å². The summed E-state index contributed by atoms with van der Waals surface area (Å²) in [4.78, 5) is 17.5. The molecule has 3 aromatic rings. The van der Waals surface area contributed by atoms with Gasteiger partial charge in [-0.15, -0.1) is 0 Å². The maximum atomic E-state index is 12.6. The molecule has 0 spiro atoms. The molecule has 0 bridgehead atoms. The predicted molar refractivity (Wildman–Crippen MR) is 109 cm³/mol. The van der Waals surface area contributed by atoms with Crippen LogP contribution >= 0.6 is 34.5 Å². The molecular weight excluding hydrogens is 407 g/mol. The molecule has 0 N–H and O–H groups in total. The number of amides is 1. The summed E-state index contributed by atoms with van der Waals surface area (Å²) < 4.78 is 13.3. The third kappa shape index (κ3) is 4.52. The van der Waals surface area contributed by atoms with Crippen molar-refractivity contribution in [1.29, 1.82) is 0 Å².